The van der Waals surface area contributed by atoms with Gasteiger partial charge in [-0.3, -0.25) is 5.32 Å². The lowest BCUT2D eigenvalue weighted by atomic mass is 10.1. The molecule has 0 unspecified atom stereocenters. The highest BCUT2D eigenvalue weighted by Gasteiger charge is 2.14. The van der Waals surface area contributed by atoms with Gasteiger partial charge in [0.05, 0.1) is 11.3 Å². The Kier molecular flexibility index (Phi) is 4.68. The minimum Gasteiger partial charge on any atom is -0.478 e. The third-order valence-electron chi connectivity index (χ3n) is 2.50. The maximum absolute atomic E-state index is 11.6. The number of carbonyl (C=O) groups excluding carboxylic acids is 1. The van der Waals surface area contributed by atoms with E-state index in [2.05, 4.69) is 16.9 Å². The van der Waals surface area contributed by atoms with Crippen LogP contribution in [0.4, 0.5) is 10.5 Å². The van der Waals surface area contributed by atoms with Crippen LogP contribution in [0.5, 0.6) is 0 Å². The highest BCUT2D eigenvalue weighted by molar-refractivity contribution is 7.13. The maximum Gasteiger partial charge on any atom is 0.411 e. The minimum atomic E-state index is -1.05. The van der Waals surface area contributed by atoms with Gasteiger partial charge < -0.3 is 9.84 Å². The number of rotatable bonds is 5. The van der Waals surface area contributed by atoms with Crippen LogP contribution in [0.25, 0.3) is 10.6 Å². The summed E-state index contributed by atoms with van der Waals surface area (Å²) in [7, 11) is 0. The van der Waals surface area contributed by atoms with Gasteiger partial charge in [-0.1, -0.05) is 12.7 Å². The third-order valence-corrected chi connectivity index (χ3v) is 3.30. The van der Waals surface area contributed by atoms with Crippen molar-refractivity contribution in [2.24, 2.45) is 0 Å². The summed E-state index contributed by atoms with van der Waals surface area (Å²) in [5.74, 6) is -1.05. The normalized spacial score (nSPS) is 9.90. The van der Waals surface area contributed by atoms with Gasteiger partial charge in [0.25, 0.3) is 0 Å². The topological polar surface area (TPSA) is 88.5 Å². The van der Waals surface area contributed by atoms with E-state index in [4.69, 9.17) is 9.84 Å². The molecule has 2 aromatic rings. The summed E-state index contributed by atoms with van der Waals surface area (Å²) in [5.41, 5.74) is 1.08. The highest BCUT2D eigenvalue weighted by atomic mass is 32.1. The fraction of sp³-hybridized carbons (Fsp3) is 0.0714. The number of carbonyl (C=O) groups is 2. The number of hydrogen-bond acceptors (Lipinski definition) is 5. The Balaban J connectivity index is 2.34. The van der Waals surface area contributed by atoms with Gasteiger partial charge in [-0.15, -0.1) is 11.3 Å². The predicted octanol–water partition coefficient (Wildman–Crippen LogP) is 3.24. The molecular formula is C14H12N2O4S. The van der Waals surface area contributed by atoms with Crippen LogP contribution in [-0.4, -0.2) is 28.8 Å². The van der Waals surface area contributed by atoms with Crippen molar-refractivity contribution in [1.29, 1.82) is 0 Å². The van der Waals surface area contributed by atoms with Crippen molar-refractivity contribution in [2.75, 3.05) is 11.9 Å². The van der Waals surface area contributed by atoms with Crippen LogP contribution >= 0.6 is 11.3 Å². The smallest absolute Gasteiger partial charge is 0.411 e. The molecule has 0 aliphatic heterocycles. The van der Waals surface area contributed by atoms with Crippen LogP contribution in [0.15, 0.2) is 42.4 Å². The Labute approximate surface area is 124 Å². The number of hydrogen-bond donors (Lipinski definition) is 2. The molecule has 0 radical (unpaired) electrons. The Morgan fingerprint density at radius 3 is 2.90 bits per heavy atom. The average Bonchev–Trinajstić information content (AvgIpc) is 2.99. The third kappa shape index (κ3) is 3.67. The number of aromatic carboxylic acids is 1. The van der Waals surface area contributed by atoms with Crippen LogP contribution in [-0.2, 0) is 4.74 Å². The van der Waals surface area contributed by atoms with E-state index in [0.717, 1.165) is 0 Å². The second-order valence-electron chi connectivity index (χ2n) is 3.91. The lowest BCUT2D eigenvalue weighted by Crippen LogP contribution is -2.14. The van der Waals surface area contributed by atoms with Gasteiger partial charge in [0, 0.05) is 17.1 Å². The van der Waals surface area contributed by atoms with Crippen molar-refractivity contribution in [2.45, 2.75) is 0 Å². The molecule has 1 aromatic carbocycles. The second kappa shape index (κ2) is 6.67. The average molecular weight is 304 g/mol. The molecular weight excluding hydrogens is 292 g/mol. The fourth-order valence-corrected chi connectivity index (χ4v) is 2.27. The number of ether oxygens (including phenoxy) is 1. The summed E-state index contributed by atoms with van der Waals surface area (Å²) in [4.78, 5) is 26.8. The van der Waals surface area contributed by atoms with Gasteiger partial charge >= 0.3 is 12.1 Å². The van der Waals surface area contributed by atoms with E-state index < -0.39 is 12.1 Å². The van der Waals surface area contributed by atoms with Crippen molar-refractivity contribution < 1.29 is 19.4 Å². The van der Waals surface area contributed by atoms with Gasteiger partial charge in [0.15, 0.2) is 0 Å². The van der Waals surface area contributed by atoms with E-state index in [0.29, 0.717) is 16.3 Å². The first-order valence-electron chi connectivity index (χ1n) is 5.93. The van der Waals surface area contributed by atoms with Crippen molar-refractivity contribution in [3.63, 3.8) is 0 Å². The Hall–Kier alpha value is -2.67. The summed E-state index contributed by atoms with van der Waals surface area (Å²) in [6.45, 7) is 3.54. The molecule has 2 N–H and O–H groups in total. The lowest BCUT2D eigenvalue weighted by Gasteiger charge is -2.10. The molecule has 1 aromatic heterocycles. The van der Waals surface area contributed by atoms with Gasteiger partial charge in [0.1, 0.15) is 11.6 Å². The number of nitrogens with one attached hydrogen (secondary N) is 1. The quantitative estimate of drug-likeness (QED) is 0.828. The maximum atomic E-state index is 11.6. The molecule has 1 heterocycles. The van der Waals surface area contributed by atoms with E-state index in [9.17, 15) is 9.59 Å². The molecule has 0 atom stereocenters. The number of aromatic nitrogens is 1. The molecule has 2 rings (SSSR count). The minimum absolute atomic E-state index is 0.0889. The summed E-state index contributed by atoms with van der Waals surface area (Å²) in [6, 6.07) is 4.38. The molecule has 0 aliphatic rings. The van der Waals surface area contributed by atoms with E-state index in [1.54, 1.807) is 11.6 Å². The number of nitrogens with zero attached hydrogens (tertiary/aromatic N) is 1. The molecule has 0 fully saturated rings. The molecule has 6 nitrogen and oxygen atoms in total. The molecule has 21 heavy (non-hydrogen) atoms. The molecule has 0 bridgehead atoms. The summed E-state index contributed by atoms with van der Waals surface area (Å²) in [6.07, 6.45) is 2.41. The fourth-order valence-electron chi connectivity index (χ4n) is 1.60. The lowest BCUT2D eigenvalue weighted by molar-refractivity contribution is 0.0697. The molecule has 1 amide bonds. The molecule has 0 saturated carbocycles. The van der Waals surface area contributed by atoms with Crippen LogP contribution in [0.3, 0.4) is 0 Å². The summed E-state index contributed by atoms with van der Waals surface area (Å²) in [5, 5.41) is 14.0. The number of carboxylic acid groups (broad SMARTS) is 1. The zero-order chi connectivity index (χ0) is 15.2. The van der Waals surface area contributed by atoms with Crippen LogP contribution in [0, 0.1) is 0 Å². The van der Waals surface area contributed by atoms with Crippen LogP contribution in [0.1, 0.15) is 10.4 Å². The molecule has 0 spiro atoms. The van der Waals surface area contributed by atoms with Gasteiger partial charge in [0.2, 0.25) is 0 Å². The standard InChI is InChI=1S/C14H12N2O4S/c1-2-6-20-14(19)16-11-4-3-9(13(17)18)8-10(11)12-15-5-7-21-12/h2-5,7-8H,1,6H2,(H,16,19)(H,17,18). The molecule has 0 saturated heterocycles. The van der Waals surface area contributed by atoms with Crippen molar-refractivity contribution in [3.05, 3.63) is 48.0 Å². The SMILES string of the molecule is C=CCOC(=O)Nc1ccc(C(=O)O)cc1-c1nccs1. The largest absolute Gasteiger partial charge is 0.478 e. The van der Waals surface area contributed by atoms with Crippen LogP contribution in [0.2, 0.25) is 0 Å². The van der Waals surface area contributed by atoms with Gasteiger partial charge in [-0.25, -0.2) is 14.6 Å². The van der Waals surface area contributed by atoms with Crippen molar-refractivity contribution in [1.82, 2.24) is 4.98 Å². The first-order valence-corrected chi connectivity index (χ1v) is 6.81. The highest BCUT2D eigenvalue weighted by Crippen LogP contribution is 2.30. The molecule has 7 heteroatoms. The predicted molar refractivity (Wildman–Crippen MR) is 79.7 cm³/mol. The number of amides is 1. The van der Waals surface area contributed by atoms with Crippen molar-refractivity contribution in [3.8, 4) is 10.6 Å². The summed E-state index contributed by atoms with van der Waals surface area (Å²) < 4.78 is 4.84. The Morgan fingerprint density at radius 1 is 1.48 bits per heavy atom. The van der Waals surface area contributed by atoms with Gasteiger partial charge in [-0.2, -0.15) is 0 Å². The monoisotopic (exact) mass is 304 g/mol. The van der Waals surface area contributed by atoms with E-state index in [1.165, 1.54) is 35.6 Å². The molecule has 108 valence electrons. The Morgan fingerprint density at radius 2 is 2.29 bits per heavy atom. The number of anilines is 1. The number of benzene rings is 1. The first kappa shape index (κ1) is 14.7. The number of thiazole rings is 1. The first-order chi connectivity index (χ1) is 10.1. The number of carboxylic acids is 1. The van der Waals surface area contributed by atoms with E-state index in [1.807, 2.05) is 0 Å². The van der Waals surface area contributed by atoms with Crippen molar-refractivity contribution >= 4 is 29.1 Å². The summed E-state index contributed by atoms with van der Waals surface area (Å²) >= 11 is 1.34. The zero-order valence-electron chi connectivity index (χ0n) is 10.9. The van der Waals surface area contributed by atoms with Crippen LogP contribution < -0.4 is 5.32 Å². The Bertz CT molecular complexity index is 668. The van der Waals surface area contributed by atoms with E-state index in [-0.39, 0.29) is 12.2 Å². The molecule has 0 aliphatic carbocycles. The zero-order valence-corrected chi connectivity index (χ0v) is 11.7. The van der Waals surface area contributed by atoms with E-state index >= 15 is 0 Å². The second-order valence-corrected chi connectivity index (χ2v) is 4.81. The van der Waals surface area contributed by atoms with Gasteiger partial charge in [-0.05, 0) is 18.2 Å².